The third kappa shape index (κ3) is 2.14. The molecule has 1 aliphatic rings. The average Bonchev–Trinajstić information content (AvgIpc) is 2.77. The van der Waals surface area contributed by atoms with E-state index in [2.05, 4.69) is 5.10 Å². The lowest BCUT2D eigenvalue weighted by molar-refractivity contribution is -0.138. The molecule has 2 heterocycles. The standard InChI is InChI=1S/C14H11Cl2N3O2S/c1-18-14(21)10(11(20)13(17-18)22-2)19-8-6-4-3-5-7(8)9(15)12(19)16/h3-6,10H,1-2H3. The van der Waals surface area contributed by atoms with Crippen LogP contribution < -0.4 is 0 Å². The van der Waals surface area contributed by atoms with E-state index in [4.69, 9.17) is 23.2 Å². The molecule has 1 aliphatic heterocycles. The summed E-state index contributed by atoms with van der Waals surface area (Å²) < 4.78 is 1.48. The summed E-state index contributed by atoms with van der Waals surface area (Å²) in [5, 5.41) is 6.60. The van der Waals surface area contributed by atoms with E-state index in [0.717, 1.165) is 5.01 Å². The molecular formula is C14H11Cl2N3O2S. The fraction of sp³-hybridized carbons (Fsp3) is 0.214. The van der Waals surface area contributed by atoms with Crippen molar-refractivity contribution >= 4 is 62.6 Å². The maximum absolute atomic E-state index is 12.6. The third-order valence-corrected chi connectivity index (χ3v) is 5.02. The molecule has 8 heteroatoms. The van der Waals surface area contributed by atoms with Crippen LogP contribution in [0.1, 0.15) is 6.04 Å². The maximum Gasteiger partial charge on any atom is 0.273 e. The van der Waals surface area contributed by atoms with Gasteiger partial charge in [-0.25, -0.2) is 5.01 Å². The minimum atomic E-state index is -1.09. The van der Waals surface area contributed by atoms with Gasteiger partial charge in [0, 0.05) is 12.4 Å². The predicted octanol–water partition coefficient (Wildman–Crippen LogP) is 3.21. The van der Waals surface area contributed by atoms with Gasteiger partial charge in [0.2, 0.25) is 5.78 Å². The van der Waals surface area contributed by atoms with E-state index in [1.807, 2.05) is 6.07 Å². The molecule has 1 aromatic heterocycles. The first-order chi connectivity index (χ1) is 10.5. The first-order valence-electron chi connectivity index (χ1n) is 6.35. The van der Waals surface area contributed by atoms with E-state index < -0.39 is 11.9 Å². The van der Waals surface area contributed by atoms with Crippen LogP contribution in [-0.2, 0) is 9.59 Å². The number of likely N-dealkylation sites (N-methyl/N-ethyl adjacent to an activating group) is 1. The van der Waals surface area contributed by atoms with Crippen molar-refractivity contribution in [3.05, 3.63) is 34.4 Å². The van der Waals surface area contributed by atoms with Gasteiger partial charge in [-0.1, -0.05) is 41.4 Å². The third-order valence-electron chi connectivity index (χ3n) is 3.50. The van der Waals surface area contributed by atoms with Crippen molar-refractivity contribution in [1.82, 2.24) is 9.58 Å². The number of para-hydroxylation sites is 1. The Morgan fingerprint density at radius 1 is 1.23 bits per heavy atom. The van der Waals surface area contributed by atoms with Crippen molar-refractivity contribution in [3.63, 3.8) is 0 Å². The summed E-state index contributed by atoms with van der Waals surface area (Å²) in [4.78, 5) is 25.1. The van der Waals surface area contributed by atoms with Crippen LogP contribution in [0.3, 0.4) is 0 Å². The highest BCUT2D eigenvalue weighted by atomic mass is 35.5. The second-order valence-electron chi connectivity index (χ2n) is 4.73. The number of ketones is 1. The van der Waals surface area contributed by atoms with Gasteiger partial charge >= 0.3 is 0 Å². The Hall–Kier alpha value is -1.50. The smallest absolute Gasteiger partial charge is 0.273 e. The molecule has 3 rings (SSSR count). The summed E-state index contributed by atoms with van der Waals surface area (Å²) in [6.45, 7) is 0. The number of benzene rings is 1. The maximum atomic E-state index is 12.6. The number of hydrogen-bond acceptors (Lipinski definition) is 4. The lowest BCUT2D eigenvalue weighted by atomic mass is 10.1. The van der Waals surface area contributed by atoms with Gasteiger partial charge in [0.1, 0.15) is 5.15 Å². The van der Waals surface area contributed by atoms with E-state index in [-0.39, 0.29) is 16.0 Å². The number of Topliss-reactive ketones (excluding diaryl/α,β-unsaturated/α-hetero) is 1. The zero-order valence-electron chi connectivity index (χ0n) is 11.7. The molecule has 0 radical (unpaired) electrons. The fourth-order valence-corrected chi connectivity index (χ4v) is 3.51. The second-order valence-corrected chi connectivity index (χ2v) is 6.26. The predicted molar refractivity (Wildman–Crippen MR) is 89.7 cm³/mol. The Labute approximate surface area is 140 Å². The molecular weight excluding hydrogens is 345 g/mol. The van der Waals surface area contributed by atoms with E-state index in [9.17, 15) is 9.59 Å². The Kier molecular flexibility index (Phi) is 3.92. The number of nitrogens with zero attached hydrogens (tertiary/aromatic N) is 3. The highest BCUT2D eigenvalue weighted by molar-refractivity contribution is 8.15. The molecule has 0 N–H and O–H groups in total. The van der Waals surface area contributed by atoms with Crippen LogP contribution >= 0.6 is 35.0 Å². The number of aromatic nitrogens is 1. The summed E-state index contributed by atoms with van der Waals surface area (Å²) in [5.74, 6) is -0.822. The zero-order valence-corrected chi connectivity index (χ0v) is 14.0. The van der Waals surface area contributed by atoms with Gasteiger partial charge in [-0.3, -0.25) is 9.59 Å². The Morgan fingerprint density at radius 2 is 1.91 bits per heavy atom. The van der Waals surface area contributed by atoms with Crippen LogP contribution in [0.5, 0.6) is 0 Å². The van der Waals surface area contributed by atoms with E-state index >= 15 is 0 Å². The van der Waals surface area contributed by atoms with Gasteiger partial charge in [0.15, 0.2) is 11.1 Å². The molecule has 0 spiro atoms. The SMILES string of the molecule is CSC1=NN(C)C(=O)C(n2c(Cl)c(Cl)c3ccccc32)C1=O. The topological polar surface area (TPSA) is 54.7 Å². The monoisotopic (exact) mass is 355 g/mol. The molecule has 2 aromatic rings. The Morgan fingerprint density at radius 3 is 2.59 bits per heavy atom. The molecule has 114 valence electrons. The number of rotatable bonds is 1. The van der Waals surface area contributed by atoms with Crippen molar-refractivity contribution in [1.29, 1.82) is 0 Å². The highest BCUT2D eigenvalue weighted by Crippen LogP contribution is 2.38. The largest absolute Gasteiger partial charge is 0.310 e. The molecule has 5 nitrogen and oxygen atoms in total. The number of thioether (sulfide) groups is 1. The number of hydrogen-bond donors (Lipinski definition) is 0. The Bertz CT molecular complexity index is 831. The molecule has 1 unspecified atom stereocenters. The average molecular weight is 356 g/mol. The van der Waals surface area contributed by atoms with E-state index in [1.165, 1.54) is 23.4 Å². The first-order valence-corrected chi connectivity index (χ1v) is 8.33. The first kappa shape index (κ1) is 15.4. The van der Waals surface area contributed by atoms with Gasteiger partial charge < -0.3 is 4.57 Å². The molecule has 1 amide bonds. The van der Waals surface area contributed by atoms with Crippen molar-refractivity contribution in [3.8, 4) is 0 Å². The van der Waals surface area contributed by atoms with Crippen LogP contribution in [0.15, 0.2) is 29.4 Å². The second kappa shape index (κ2) is 5.61. The molecule has 0 fully saturated rings. The minimum Gasteiger partial charge on any atom is -0.310 e. The summed E-state index contributed by atoms with van der Waals surface area (Å²) in [6.07, 6.45) is 1.74. The molecule has 0 aliphatic carbocycles. The highest BCUT2D eigenvalue weighted by Gasteiger charge is 2.40. The Balaban J connectivity index is 2.27. The van der Waals surface area contributed by atoms with Gasteiger partial charge in [-0.2, -0.15) is 5.10 Å². The fourth-order valence-electron chi connectivity index (χ4n) is 2.45. The number of hydrazone groups is 1. The van der Waals surface area contributed by atoms with Gasteiger partial charge in [0.05, 0.1) is 10.5 Å². The molecule has 0 saturated heterocycles. The molecule has 1 aromatic carbocycles. The number of carbonyl (C=O) groups excluding carboxylic acids is 2. The van der Waals surface area contributed by atoms with E-state index in [1.54, 1.807) is 24.5 Å². The minimum absolute atomic E-state index is 0.172. The van der Waals surface area contributed by atoms with Crippen LogP contribution in [-0.4, -0.2) is 39.6 Å². The number of halogens is 2. The quantitative estimate of drug-likeness (QED) is 0.738. The summed E-state index contributed by atoms with van der Waals surface area (Å²) in [5.41, 5.74) is 0.639. The molecule has 22 heavy (non-hydrogen) atoms. The molecule has 1 atom stereocenters. The van der Waals surface area contributed by atoms with Gasteiger partial charge in [-0.15, -0.1) is 11.8 Å². The van der Waals surface area contributed by atoms with Gasteiger partial charge in [0.25, 0.3) is 5.91 Å². The molecule has 0 bridgehead atoms. The summed E-state index contributed by atoms with van der Waals surface area (Å²) in [6, 6.07) is 6.11. The van der Waals surface area contributed by atoms with Gasteiger partial charge in [-0.05, 0) is 12.3 Å². The van der Waals surface area contributed by atoms with Crippen LogP contribution in [0.4, 0.5) is 0 Å². The number of amides is 1. The summed E-state index contributed by atoms with van der Waals surface area (Å²) in [7, 11) is 1.51. The van der Waals surface area contributed by atoms with Crippen molar-refractivity contribution in [2.24, 2.45) is 5.10 Å². The normalized spacial score (nSPS) is 19.0. The zero-order chi connectivity index (χ0) is 16.0. The van der Waals surface area contributed by atoms with Crippen molar-refractivity contribution < 1.29 is 9.59 Å². The summed E-state index contributed by atoms with van der Waals surface area (Å²) >= 11 is 13.7. The van der Waals surface area contributed by atoms with Crippen LogP contribution in [0.25, 0.3) is 10.9 Å². The lowest BCUT2D eigenvalue weighted by Crippen LogP contribution is -2.43. The van der Waals surface area contributed by atoms with E-state index in [0.29, 0.717) is 15.9 Å². The van der Waals surface area contributed by atoms with Crippen LogP contribution in [0, 0.1) is 0 Å². The lowest BCUT2D eigenvalue weighted by Gasteiger charge is -2.27. The van der Waals surface area contributed by atoms with Crippen LogP contribution in [0.2, 0.25) is 10.2 Å². The number of carbonyl (C=O) groups is 2. The number of fused-ring (bicyclic) bond motifs is 1. The molecule has 0 saturated carbocycles. The van der Waals surface area contributed by atoms with Crippen molar-refractivity contribution in [2.45, 2.75) is 6.04 Å². The van der Waals surface area contributed by atoms with Crippen molar-refractivity contribution in [2.75, 3.05) is 13.3 Å².